The minimum absolute atomic E-state index is 1.15. The second kappa shape index (κ2) is 5.55. The van der Waals surface area contributed by atoms with E-state index < -0.39 is 0 Å². The third-order valence-electron chi connectivity index (χ3n) is 5.56. The number of hydrogen-bond acceptors (Lipinski definition) is 0. The lowest BCUT2D eigenvalue weighted by Crippen LogP contribution is -1.82. The summed E-state index contributed by atoms with van der Waals surface area (Å²) in [5, 5.41) is 12.8. The molecule has 0 aromatic heterocycles. The first kappa shape index (κ1) is 15.2. The highest BCUT2D eigenvalue weighted by Gasteiger charge is 2.05. The molecule has 6 aromatic rings. The summed E-state index contributed by atoms with van der Waals surface area (Å²) in [5.41, 5.74) is 0. The maximum Gasteiger partial charge on any atom is 0.0253 e. The van der Waals surface area contributed by atoms with Gasteiger partial charge in [0.15, 0.2) is 0 Å². The molecule has 0 aliphatic carbocycles. The molecule has 0 aliphatic rings. The number of rotatable bonds is 0. The highest BCUT2D eigenvalue weighted by molar-refractivity contribution is 9.10. The van der Waals surface area contributed by atoms with E-state index in [-0.39, 0.29) is 0 Å². The van der Waals surface area contributed by atoms with Gasteiger partial charge in [0, 0.05) is 4.47 Å². The average Bonchev–Trinajstić information content (AvgIpc) is 2.68. The van der Waals surface area contributed by atoms with Crippen molar-refractivity contribution >= 4 is 69.8 Å². The molecule has 0 heterocycles. The Labute approximate surface area is 165 Å². The quantitative estimate of drug-likeness (QED) is 0.223. The smallest absolute Gasteiger partial charge is 0.0253 e. The Kier molecular flexibility index (Phi) is 3.12. The van der Waals surface area contributed by atoms with Crippen LogP contribution in [0.25, 0.3) is 53.9 Å². The van der Waals surface area contributed by atoms with Crippen LogP contribution in [0.5, 0.6) is 0 Å². The Bertz CT molecular complexity index is 1530. The molecule has 0 saturated heterocycles. The fraction of sp³-hybridized carbons (Fsp3) is 0. The summed E-state index contributed by atoms with van der Waals surface area (Å²) in [7, 11) is 0. The van der Waals surface area contributed by atoms with Crippen molar-refractivity contribution < 1.29 is 0 Å². The molecule has 0 fully saturated rings. The van der Waals surface area contributed by atoms with E-state index in [0.29, 0.717) is 0 Å². The molecule has 0 aliphatic heterocycles. The van der Waals surface area contributed by atoms with E-state index in [4.69, 9.17) is 0 Å². The van der Waals surface area contributed by atoms with Crippen LogP contribution in [0.4, 0.5) is 0 Å². The van der Waals surface area contributed by atoms with Gasteiger partial charge in [0.05, 0.1) is 0 Å². The third kappa shape index (κ3) is 2.35. The van der Waals surface area contributed by atoms with E-state index in [1.54, 1.807) is 0 Å². The summed E-state index contributed by atoms with van der Waals surface area (Å²) < 4.78 is 1.15. The van der Waals surface area contributed by atoms with Gasteiger partial charge < -0.3 is 0 Å². The van der Waals surface area contributed by atoms with Crippen molar-refractivity contribution in [1.82, 2.24) is 0 Å². The first-order chi connectivity index (χ1) is 13.2. The van der Waals surface area contributed by atoms with E-state index in [0.717, 1.165) is 4.47 Å². The van der Waals surface area contributed by atoms with Crippen molar-refractivity contribution in [2.75, 3.05) is 0 Å². The van der Waals surface area contributed by atoms with Crippen LogP contribution in [0.2, 0.25) is 0 Å². The highest BCUT2D eigenvalue weighted by atomic mass is 79.9. The second-order valence-corrected chi connectivity index (χ2v) is 8.11. The van der Waals surface area contributed by atoms with Gasteiger partial charge in [0.1, 0.15) is 0 Å². The summed E-state index contributed by atoms with van der Waals surface area (Å²) in [6.45, 7) is 0. The lowest BCUT2D eigenvalue weighted by molar-refractivity contribution is 1.74. The number of fused-ring (bicyclic) bond motifs is 5. The van der Waals surface area contributed by atoms with Crippen LogP contribution in [0, 0.1) is 0 Å². The third-order valence-corrected chi connectivity index (χ3v) is 6.25. The summed E-state index contributed by atoms with van der Waals surface area (Å²) in [4.78, 5) is 0. The Morgan fingerprint density at radius 3 is 1.33 bits per heavy atom. The second-order valence-electron chi connectivity index (χ2n) is 7.26. The molecule has 0 N–H and O–H groups in total. The molecule has 6 rings (SSSR count). The fourth-order valence-electron chi connectivity index (χ4n) is 4.18. The van der Waals surface area contributed by atoms with Crippen molar-refractivity contribution in [3.63, 3.8) is 0 Å². The van der Waals surface area contributed by atoms with Gasteiger partial charge in [-0.1, -0.05) is 52.3 Å². The Hall–Kier alpha value is -2.90. The molecule has 0 saturated carbocycles. The van der Waals surface area contributed by atoms with Crippen LogP contribution >= 0.6 is 15.9 Å². The van der Waals surface area contributed by atoms with Gasteiger partial charge in [0.2, 0.25) is 0 Å². The molecule has 1 heteroatoms. The highest BCUT2D eigenvalue weighted by Crippen LogP contribution is 2.33. The summed E-state index contributed by atoms with van der Waals surface area (Å²) in [5.74, 6) is 0. The lowest BCUT2D eigenvalue weighted by Gasteiger charge is -2.09. The van der Waals surface area contributed by atoms with Crippen molar-refractivity contribution in [1.29, 1.82) is 0 Å². The van der Waals surface area contributed by atoms with Gasteiger partial charge in [-0.3, -0.25) is 0 Å². The zero-order valence-corrected chi connectivity index (χ0v) is 16.1. The van der Waals surface area contributed by atoms with Crippen LogP contribution in [-0.2, 0) is 0 Å². The normalized spacial score (nSPS) is 11.9. The van der Waals surface area contributed by atoms with Crippen LogP contribution in [0.3, 0.4) is 0 Å². The van der Waals surface area contributed by atoms with E-state index in [1.165, 1.54) is 53.9 Å². The molecule has 0 bridgehead atoms. The first-order valence-corrected chi connectivity index (χ1v) is 9.92. The molecule has 0 atom stereocenters. The predicted octanol–water partition coefficient (Wildman–Crippen LogP) is 8.22. The van der Waals surface area contributed by atoms with Crippen LogP contribution in [0.15, 0.2) is 95.5 Å². The maximum atomic E-state index is 3.69. The van der Waals surface area contributed by atoms with Gasteiger partial charge in [-0.15, -0.1) is 0 Å². The van der Waals surface area contributed by atoms with Gasteiger partial charge in [-0.25, -0.2) is 0 Å². The van der Waals surface area contributed by atoms with E-state index in [9.17, 15) is 0 Å². The molecular weight excluding hydrogens is 392 g/mol. The number of hydrogen-bond donors (Lipinski definition) is 0. The summed E-state index contributed by atoms with van der Waals surface area (Å²) in [6, 6.07) is 33.4. The Morgan fingerprint density at radius 1 is 0.370 bits per heavy atom. The molecule has 0 unspecified atom stereocenters. The fourth-order valence-corrected chi connectivity index (χ4v) is 4.68. The summed E-state index contributed by atoms with van der Waals surface area (Å²) in [6.07, 6.45) is 0. The first-order valence-electron chi connectivity index (χ1n) is 9.13. The van der Waals surface area contributed by atoms with Crippen LogP contribution in [0.1, 0.15) is 0 Å². The van der Waals surface area contributed by atoms with E-state index in [2.05, 4.69) is 107 Å². The molecular formula is C26H15Br. The maximum absolute atomic E-state index is 3.69. The number of halogens is 1. The molecule has 0 spiro atoms. The molecule has 126 valence electrons. The minimum atomic E-state index is 1.15. The average molecular weight is 407 g/mol. The van der Waals surface area contributed by atoms with Gasteiger partial charge in [0.25, 0.3) is 0 Å². The number of benzene rings is 6. The van der Waals surface area contributed by atoms with E-state index >= 15 is 0 Å². The standard InChI is InChI=1S/C26H15Br/c27-26-7-3-6-18-10-21-13-22-11-19-8-16-4-1-2-5-17(16)9-20(19)12-23(22)14-24(21)15-25(18)26/h1-15H. The monoisotopic (exact) mass is 406 g/mol. The zero-order chi connectivity index (χ0) is 18.0. The van der Waals surface area contributed by atoms with Gasteiger partial charge in [-0.05, 0) is 108 Å². The minimum Gasteiger partial charge on any atom is -0.0616 e. The van der Waals surface area contributed by atoms with Crippen molar-refractivity contribution in [2.45, 2.75) is 0 Å². The molecule has 0 radical (unpaired) electrons. The van der Waals surface area contributed by atoms with Gasteiger partial charge in [-0.2, -0.15) is 0 Å². The van der Waals surface area contributed by atoms with Crippen molar-refractivity contribution in [2.24, 2.45) is 0 Å². The molecule has 27 heavy (non-hydrogen) atoms. The SMILES string of the molecule is Brc1cccc2cc3cc4cc5cc6ccccc6cc5cc4cc3cc12. The largest absolute Gasteiger partial charge is 0.0616 e. The van der Waals surface area contributed by atoms with Crippen LogP contribution in [-0.4, -0.2) is 0 Å². The lowest BCUT2D eigenvalue weighted by atomic mass is 9.96. The van der Waals surface area contributed by atoms with Crippen molar-refractivity contribution in [3.8, 4) is 0 Å². The molecule has 6 aromatic carbocycles. The Morgan fingerprint density at radius 2 is 0.778 bits per heavy atom. The van der Waals surface area contributed by atoms with E-state index in [1.807, 2.05) is 0 Å². The topological polar surface area (TPSA) is 0 Å². The summed E-state index contributed by atoms with van der Waals surface area (Å²) >= 11 is 3.69. The molecule has 0 amide bonds. The van der Waals surface area contributed by atoms with Gasteiger partial charge >= 0.3 is 0 Å². The Balaban J connectivity index is 1.71. The van der Waals surface area contributed by atoms with Crippen LogP contribution < -0.4 is 0 Å². The van der Waals surface area contributed by atoms with Crippen molar-refractivity contribution in [3.05, 3.63) is 95.5 Å². The zero-order valence-electron chi connectivity index (χ0n) is 14.5. The predicted molar refractivity (Wildman–Crippen MR) is 122 cm³/mol. The molecule has 0 nitrogen and oxygen atoms in total.